The predicted molar refractivity (Wildman–Crippen MR) is 95.8 cm³/mol. The van der Waals surface area contributed by atoms with Gasteiger partial charge in [-0.15, -0.1) is 12.4 Å². The molecule has 0 radical (unpaired) electrons. The Morgan fingerprint density at radius 2 is 1.78 bits per heavy atom. The van der Waals surface area contributed by atoms with Crippen molar-refractivity contribution in [2.24, 2.45) is 11.7 Å². The molecule has 1 aromatic rings. The molecule has 1 unspecified atom stereocenters. The van der Waals surface area contributed by atoms with Crippen LogP contribution in [0.15, 0.2) is 18.2 Å². The van der Waals surface area contributed by atoms with E-state index in [0.717, 1.165) is 0 Å². The molecule has 0 heterocycles. The number of benzene rings is 1. The molecule has 0 saturated heterocycles. The highest BCUT2D eigenvalue weighted by atomic mass is 35.5. The monoisotopic (exact) mass is 344 g/mol. The highest BCUT2D eigenvalue weighted by molar-refractivity contribution is 5.95. The maximum atomic E-state index is 12.5. The minimum absolute atomic E-state index is 0. The van der Waals surface area contributed by atoms with E-state index in [2.05, 4.69) is 5.32 Å². The number of rotatable bonds is 8. The lowest BCUT2D eigenvalue weighted by Crippen LogP contribution is -2.55. The zero-order valence-corrected chi connectivity index (χ0v) is 15.5. The van der Waals surface area contributed by atoms with Crippen LogP contribution in [0.1, 0.15) is 45.0 Å². The SMILES string of the molecule is CCOc1ccc(C(=O)NC(C)(CN)C(C)C)cc1OCC.Cl. The molecule has 5 nitrogen and oxygen atoms in total. The van der Waals surface area contributed by atoms with Crippen LogP contribution in [0.3, 0.4) is 0 Å². The third kappa shape index (κ3) is 5.59. The van der Waals surface area contributed by atoms with Crippen LogP contribution in [-0.4, -0.2) is 31.2 Å². The van der Waals surface area contributed by atoms with Crippen LogP contribution in [-0.2, 0) is 0 Å². The van der Waals surface area contributed by atoms with Gasteiger partial charge in [0.1, 0.15) is 0 Å². The summed E-state index contributed by atoms with van der Waals surface area (Å²) in [5.74, 6) is 1.29. The number of hydrogen-bond donors (Lipinski definition) is 2. The number of carbonyl (C=O) groups excluding carboxylic acids is 1. The Morgan fingerprint density at radius 1 is 1.22 bits per heavy atom. The largest absolute Gasteiger partial charge is 0.490 e. The zero-order chi connectivity index (χ0) is 16.8. The Morgan fingerprint density at radius 3 is 2.26 bits per heavy atom. The second-order valence-corrected chi connectivity index (χ2v) is 5.76. The number of ether oxygens (including phenoxy) is 2. The maximum absolute atomic E-state index is 12.5. The standard InChI is InChI=1S/C17H28N2O3.ClH/c1-6-21-14-9-8-13(10-15(14)22-7-2)16(20)19-17(5,11-18)12(3)4;/h8-10,12H,6-7,11,18H2,1-5H3,(H,19,20);1H. The summed E-state index contributed by atoms with van der Waals surface area (Å²) in [6, 6.07) is 5.21. The normalized spacial score (nSPS) is 13.0. The lowest BCUT2D eigenvalue weighted by Gasteiger charge is -2.33. The fraction of sp³-hybridized carbons (Fsp3) is 0.588. The molecule has 0 aromatic heterocycles. The number of carbonyl (C=O) groups is 1. The summed E-state index contributed by atoms with van der Waals surface area (Å²) in [6.07, 6.45) is 0. The van der Waals surface area contributed by atoms with Crippen molar-refractivity contribution in [3.05, 3.63) is 23.8 Å². The molecule has 1 aromatic carbocycles. The molecule has 1 rings (SSSR count). The molecular weight excluding hydrogens is 316 g/mol. The summed E-state index contributed by atoms with van der Waals surface area (Å²) in [4.78, 5) is 12.5. The fourth-order valence-electron chi connectivity index (χ4n) is 1.95. The van der Waals surface area contributed by atoms with Gasteiger partial charge < -0.3 is 20.5 Å². The van der Waals surface area contributed by atoms with Crippen molar-refractivity contribution in [3.8, 4) is 11.5 Å². The summed E-state index contributed by atoms with van der Waals surface area (Å²) in [6.45, 7) is 11.3. The average molecular weight is 345 g/mol. The summed E-state index contributed by atoms with van der Waals surface area (Å²) in [5, 5.41) is 3.02. The first-order chi connectivity index (χ1) is 10.4. The molecule has 0 saturated carbocycles. The molecule has 1 atom stereocenters. The van der Waals surface area contributed by atoms with Gasteiger partial charge in [-0.3, -0.25) is 4.79 Å². The highest BCUT2D eigenvalue weighted by Gasteiger charge is 2.29. The van der Waals surface area contributed by atoms with E-state index in [-0.39, 0.29) is 24.2 Å². The van der Waals surface area contributed by atoms with Crippen LogP contribution in [0, 0.1) is 5.92 Å². The Kier molecular flexibility index (Phi) is 9.02. The molecule has 0 fully saturated rings. The second-order valence-electron chi connectivity index (χ2n) is 5.76. The van der Waals surface area contributed by atoms with Crippen molar-refractivity contribution in [1.29, 1.82) is 0 Å². The van der Waals surface area contributed by atoms with E-state index >= 15 is 0 Å². The Hall–Kier alpha value is -1.46. The van der Waals surface area contributed by atoms with Gasteiger partial charge in [0, 0.05) is 12.1 Å². The molecule has 132 valence electrons. The maximum Gasteiger partial charge on any atom is 0.251 e. The van der Waals surface area contributed by atoms with Crippen molar-refractivity contribution in [3.63, 3.8) is 0 Å². The van der Waals surface area contributed by atoms with E-state index in [1.165, 1.54) is 0 Å². The van der Waals surface area contributed by atoms with E-state index < -0.39 is 5.54 Å². The van der Waals surface area contributed by atoms with Crippen molar-refractivity contribution >= 4 is 18.3 Å². The zero-order valence-electron chi connectivity index (χ0n) is 14.6. The number of nitrogens with one attached hydrogen (secondary N) is 1. The quantitative estimate of drug-likeness (QED) is 0.760. The van der Waals surface area contributed by atoms with Crippen LogP contribution in [0.5, 0.6) is 11.5 Å². The van der Waals surface area contributed by atoms with Gasteiger partial charge in [0.15, 0.2) is 11.5 Å². The van der Waals surface area contributed by atoms with Gasteiger partial charge in [-0.25, -0.2) is 0 Å². The van der Waals surface area contributed by atoms with E-state index in [4.69, 9.17) is 15.2 Å². The van der Waals surface area contributed by atoms with Gasteiger partial charge >= 0.3 is 0 Å². The van der Waals surface area contributed by atoms with Crippen molar-refractivity contribution in [2.45, 2.75) is 40.2 Å². The first-order valence-corrected chi connectivity index (χ1v) is 7.80. The topological polar surface area (TPSA) is 73.6 Å². The number of amides is 1. The average Bonchev–Trinajstić information content (AvgIpc) is 2.49. The highest BCUT2D eigenvalue weighted by Crippen LogP contribution is 2.29. The summed E-state index contributed by atoms with van der Waals surface area (Å²) >= 11 is 0. The first kappa shape index (κ1) is 21.5. The van der Waals surface area contributed by atoms with Gasteiger partial charge in [-0.2, -0.15) is 0 Å². The number of halogens is 1. The smallest absolute Gasteiger partial charge is 0.251 e. The minimum atomic E-state index is -0.443. The third-order valence-corrected chi connectivity index (χ3v) is 3.90. The molecule has 0 spiro atoms. The summed E-state index contributed by atoms with van der Waals surface area (Å²) in [7, 11) is 0. The predicted octanol–water partition coefficient (Wildman–Crippen LogP) is 3.01. The number of nitrogens with two attached hydrogens (primary N) is 1. The van der Waals surface area contributed by atoms with Crippen molar-refractivity contribution in [1.82, 2.24) is 5.32 Å². The fourth-order valence-corrected chi connectivity index (χ4v) is 1.95. The van der Waals surface area contributed by atoms with Crippen molar-refractivity contribution in [2.75, 3.05) is 19.8 Å². The van der Waals surface area contributed by atoms with Crippen molar-refractivity contribution < 1.29 is 14.3 Å². The van der Waals surface area contributed by atoms with Crippen LogP contribution < -0.4 is 20.5 Å². The second kappa shape index (κ2) is 9.63. The van der Waals surface area contributed by atoms with E-state index in [9.17, 15) is 4.79 Å². The molecular formula is C17H29ClN2O3. The van der Waals surface area contributed by atoms with Crippen LogP contribution in [0.25, 0.3) is 0 Å². The first-order valence-electron chi connectivity index (χ1n) is 7.80. The summed E-state index contributed by atoms with van der Waals surface area (Å²) < 4.78 is 11.1. The molecule has 0 bridgehead atoms. The third-order valence-electron chi connectivity index (χ3n) is 3.90. The Balaban J connectivity index is 0.00000484. The lowest BCUT2D eigenvalue weighted by atomic mass is 9.88. The molecule has 3 N–H and O–H groups in total. The Labute approximate surface area is 145 Å². The van der Waals surface area contributed by atoms with Crippen LogP contribution >= 0.6 is 12.4 Å². The molecule has 6 heteroatoms. The lowest BCUT2D eigenvalue weighted by molar-refractivity contribution is 0.0882. The number of hydrogen-bond acceptors (Lipinski definition) is 4. The van der Waals surface area contributed by atoms with E-state index in [1.807, 2.05) is 34.6 Å². The van der Waals surface area contributed by atoms with E-state index in [0.29, 0.717) is 36.8 Å². The van der Waals surface area contributed by atoms with Gasteiger partial charge in [0.25, 0.3) is 5.91 Å². The van der Waals surface area contributed by atoms with Crippen LogP contribution in [0.2, 0.25) is 0 Å². The molecule has 0 aliphatic carbocycles. The van der Waals surface area contributed by atoms with Gasteiger partial charge in [-0.1, -0.05) is 13.8 Å². The van der Waals surface area contributed by atoms with Gasteiger partial charge in [0.05, 0.1) is 18.8 Å². The van der Waals surface area contributed by atoms with Gasteiger partial charge in [-0.05, 0) is 44.9 Å². The molecule has 0 aliphatic rings. The van der Waals surface area contributed by atoms with E-state index in [1.54, 1.807) is 18.2 Å². The minimum Gasteiger partial charge on any atom is -0.490 e. The Bertz CT molecular complexity index is 509. The summed E-state index contributed by atoms with van der Waals surface area (Å²) in [5.41, 5.74) is 5.91. The van der Waals surface area contributed by atoms with Crippen LogP contribution in [0.4, 0.5) is 0 Å². The molecule has 0 aliphatic heterocycles. The van der Waals surface area contributed by atoms with Gasteiger partial charge in [0.2, 0.25) is 0 Å². The molecule has 1 amide bonds. The molecule has 23 heavy (non-hydrogen) atoms.